The summed E-state index contributed by atoms with van der Waals surface area (Å²) in [5.41, 5.74) is 2.26. The van der Waals surface area contributed by atoms with E-state index in [0.717, 1.165) is 11.3 Å². The van der Waals surface area contributed by atoms with Gasteiger partial charge in [0.25, 0.3) is 0 Å². The molecular formula is C16H16ClNO2. The maximum atomic E-state index is 12.7. The summed E-state index contributed by atoms with van der Waals surface area (Å²) in [5.74, 6) is 1.51. The average molecular weight is 290 g/mol. The number of nitrogens with one attached hydrogen (secondary N) is 1. The molecule has 1 N–H and O–H groups in total. The number of carbonyl (C=O) groups is 2. The smallest absolute Gasteiger partial charge is 0.228 e. The minimum atomic E-state index is -0.0271. The molecule has 2 aliphatic carbocycles. The van der Waals surface area contributed by atoms with E-state index < -0.39 is 0 Å². The van der Waals surface area contributed by atoms with Crippen molar-refractivity contribution in [3.8, 4) is 0 Å². The van der Waals surface area contributed by atoms with E-state index in [9.17, 15) is 9.59 Å². The Hall–Kier alpha value is -1.35. The summed E-state index contributed by atoms with van der Waals surface area (Å²) in [5, 5.41) is 3.24. The van der Waals surface area contributed by atoms with Crippen molar-refractivity contribution in [2.24, 2.45) is 17.8 Å². The molecule has 104 valence electrons. The molecule has 4 rings (SSSR count). The molecular weight excluding hydrogens is 274 g/mol. The van der Waals surface area contributed by atoms with Crippen molar-refractivity contribution in [1.82, 2.24) is 0 Å². The Morgan fingerprint density at radius 3 is 2.60 bits per heavy atom. The van der Waals surface area contributed by atoms with Crippen LogP contribution in [-0.2, 0) is 11.2 Å². The van der Waals surface area contributed by atoms with Crippen molar-refractivity contribution >= 4 is 29.0 Å². The molecule has 0 saturated heterocycles. The van der Waals surface area contributed by atoms with E-state index in [2.05, 4.69) is 5.32 Å². The molecule has 2 unspecified atom stereocenters. The maximum absolute atomic E-state index is 12.7. The lowest BCUT2D eigenvalue weighted by Crippen LogP contribution is -2.06. The van der Waals surface area contributed by atoms with E-state index in [0.29, 0.717) is 28.8 Å². The van der Waals surface area contributed by atoms with Crippen molar-refractivity contribution in [2.75, 3.05) is 5.32 Å². The van der Waals surface area contributed by atoms with Crippen LogP contribution in [0.15, 0.2) is 12.1 Å². The van der Waals surface area contributed by atoms with E-state index in [4.69, 9.17) is 11.6 Å². The fourth-order valence-corrected chi connectivity index (χ4v) is 4.25. The summed E-state index contributed by atoms with van der Waals surface area (Å²) < 4.78 is 0. The van der Waals surface area contributed by atoms with Gasteiger partial charge in [0.2, 0.25) is 5.91 Å². The van der Waals surface area contributed by atoms with Crippen molar-refractivity contribution in [2.45, 2.75) is 32.1 Å². The fourth-order valence-electron chi connectivity index (χ4n) is 4.00. The highest BCUT2D eigenvalue weighted by molar-refractivity contribution is 6.34. The zero-order valence-electron chi connectivity index (χ0n) is 11.1. The van der Waals surface area contributed by atoms with Gasteiger partial charge in [-0.05, 0) is 42.4 Å². The van der Waals surface area contributed by atoms with Crippen LogP contribution in [0.4, 0.5) is 5.69 Å². The van der Waals surface area contributed by atoms with E-state index in [1.54, 1.807) is 6.07 Å². The Balaban J connectivity index is 1.64. The second-order valence-corrected chi connectivity index (χ2v) is 6.62. The first-order valence-electron chi connectivity index (χ1n) is 7.31. The molecule has 1 aromatic rings. The van der Waals surface area contributed by atoms with Gasteiger partial charge >= 0.3 is 0 Å². The Kier molecular flexibility index (Phi) is 2.68. The molecule has 0 radical (unpaired) electrons. The predicted molar refractivity (Wildman–Crippen MR) is 77.1 cm³/mol. The van der Waals surface area contributed by atoms with Gasteiger partial charge in [0, 0.05) is 17.2 Å². The zero-order valence-corrected chi connectivity index (χ0v) is 11.9. The lowest BCUT2D eigenvalue weighted by molar-refractivity contribution is -0.115. The van der Waals surface area contributed by atoms with Gasteiger partial charge in [0.15, 0.2) is 5.78 Å². The van der Waals surface area contributed by atoms with Gasteiger partial charge in [0.1, 0.15) is 0 Å². The van der Waals surface area contributed by atoms with Gasteiger partial charge in [-0.1, -0.05) is 24.4 Å². The van der Waals surface area contributed by atoms with Crippen LogP contribution in [0, 0.1) is 17.8 Å². The standard InChI is InChI=1S/C16H16ClNO2/c17-12-7-13-8(6-14(19)18-13)5-11(12)16(20)15-9-3-1-2-4-10(9)15/h5,7,9-10,15H,1-4,6H2,(H,18,19). The third-order valence-corrected chi connectivity index (χ3v) is 5.36. The van der Waals surface area contributed by atoms with E-state index in [-0.39, 0.29) is 17.6 Å². The van der Waals surface area contributed by atoms with Crippen LogP contribution in [0.1, 0.15) is 41.6 Å². The van der Waals surface area contributed by atoms with Crippen molar-refractivity contribution in [1.29, 1.82) is 0 Å². The fraction of sp³-hybridized carbons (Fsp3) is 0.500. The van der Waals surface area contributed by atoms with Crippen LogP contribution < -0.4 is 5.32 Å². The van der Waals surface area contributed by atoms with Gasteiger partial charge in [-0.25, -0.2) is 0 Å². The molecule has 3 aliphatic rings. The minimum absolute atomic E-state index is 0.0271. The number of benzene rings is 1. The van der Waals surface area contributed by atoms with Crippen LogP contribution in [0.2, 0.25) is 5.02 Å². The molecule has 1 aromatic carbocycles. The molecule has 2 atom stereocenters. The highest BCUT2D eigenvalue weighted by Crippen LogP contribution is 2.57. The highest BCUT2D eigenvalue weighted by Gasteiger charge is 2.54. The number of amides is 1. The lowest BCUT2D eigenvalue weighted by atomic mass is 10.0. The number of fused-ring (bicyclic) bond motifs is 2. The Morgan fingerprint density at radius 1 is 1.20 bits per heavy atom. The minimum Gasteiger partial charge on any atom is -0.325 e. The summed E-state index contributed by atoms with van der Waals surface area (Å²) in [6.45, 7) is 0. The van der Waals surface area contributed by atoms with Gasteiger partial charge in [0.05, 0.1) is 11.4 Å². The summed E-state index contributed by atoms with van der Waals surface area (Å²) in [6.07, 6.45) is 5.22. The van der Waals surface area contributed by atoms with Crippen molar-refractivity contribution < 1.29 is 9.59 Å². The predicted octanol–water partition coefficient (Wildman–Crippen LogP) is 3.45. The SMILES string of the molecule is O=C1Cc2cc(C(=O)C3C4CCCCC43)c(Cl)cc2N1. The van der Waals surface area contributed by atoms with E-state index >= 15 is 0 Å². The number of rotatable bonds is 2. The molecule has 4 heteroatoms. The first kappa shape index (κ1) is 12.4. The number of anilines is 1. The number of carbonyl (C=O) groups excluding carboxylic acids is 2. The monoisotopic (exact) mass is 289 g/mol. The summed E-state index contributed by atoms with van der Waals surface area (Å²) >= 11 is 6.25. The van der Waals surface area contributed by atoms with Gasteiger partial charge in [-0.15, -0.1) is 0 Å². The van der Waals surface area contributed by atoms with E-state index in [1.807, 2.05) is 6.07 Å². The third-order valence-electron chi connectivity index (χ3n) is 5.04. The zero-order chi connectivity index (χ0) is 13.9. The van der Waals surface area contributed by atoms with Crippen molar-refractivity contribution in [3.63, 3.8) is 0 Å². The number of halogens is 1. The largest absolute Gasteiger partial charge is 0.325 e. The van der Waals surface area contributed by atoms with Gasteiger partial charge < -0.3 is 5.32 Å². The van der Waals surface area contributed by atoms with Crippen LogP contribution in [0.5, 0.6) is 0 Å². The van der Waals surface area contributed by atoms with Crippen LogP contribution in [0.3, 0.4) is 0 Å². The molecule has 0 aromatic heterocycles. The quantitative estimate of drug-likeness (QED) is 0.848. The summed E-state index contributed by atoms with van der Waals surface area (Å²) in [4.78, 5) is 24.1. The van der Waals surface area contributed by atoms with Crippen molar-refractivity contribution in [3.05, 3.63) is 28.3 Å². The average Bonchev–Trinajstić information content (AvgIpc) is 3.04. The molecule has 1 aliphatic heterocycles. The Morgan fingerprint density at radius 2 is 1.90 bits per heavy atom. The number of Topliss-reactive ketones (excluding diaryl/α,β-unsaturated/α-hetero) is 1. The first-order valence-corrected chi connectivity index (χ1v) is 7.69. The molecule has 2 saturated carbocycles. The topological polar surface area (TPSA) is 46.2 Å². The lowest BCUT2D eigenvalue weighted by Gasteiger charge is -2.06. The normalized spacial score (nSPS) is 30.4. The van der Waals surface area contributed by atoms with Crippen LogP contribution >= 0.6 is 11.6 Å². The molecule has 3 nitrogen and oxygen atoms in total. The number of hydrogen-bond acceptors (Lipinski definition) is 2. The summed E-state index contributed by atoms with van der Waals surface area (Å²) in [6, 6.07) is 3.54. The molecule has 0 spiro atoms. The number of hydrogen-bond donors (Lipinski definition) is 1. The molecule has 2 fully saturated rings. The molecule has 20 heavy (non-hydrogen) atoms. The van der Waals surface area contributed by atoms with Crippen LogP contribution in [0.25, 0.3) is 0 Å². The maximum Gasteiger partial charge on any atom is 0.228 e. The summed E-state index contributed by atoms with van der Waals surface area (Å²) in [7, 11) is 0. The molecule has 1 amide bonds. The first-order chi connectivity index (χ1) is 9.65. The molecule has 0 bridgehead atoms. The van der Waals surface area contributed by atoms with Crippen LogP contribution in [-0.4, -0.2) is 11.7 Å². The van der Waals surface area contributed by atoms with E-state index in [1.165, 1.54) is 25.7 Å². The Labute approximate surface area is 122 Å². The second-order valence-electron chi connectivity index (χ2n) is 6.22. The second kappa shape index (κ2) is 4.32. The highest BCUT2D eigenvalue weighted by atomic mass is 35.5. The number of ketones is 1. The van der Waals surface area contributed by atoms with Gasteiger partial charge in [-0.2, -0.15) is 0 Å². The Bertz CT molecular complexity index is 613. The van der Waals surface area contributed by atoms with Gasteiger partial charge in [-0.3, -0.25) is 9.59 Å². The molecule has 1 heterocycles. The third kappa shape index (κ3) is 1.80.